The molecule has 1 heterocycles. The number of nitrogens with one attached hydrogen (secondary N) is 1. The fourth-order valence-corrected chi connectivity index (χ4v) is 9.87. The molecule has 14 heteroatoms. The van der Waals surface area contributed by atoms with E-state index in [9.17, 15) is 44.4 Å². The number of hydrogen-bond donors (Lipinski definition) is 6. The number of ether oxygens (including phenoxy) is 3. The van der Waals surface area contributed by atoms with E-state index in [4.69, 9.17) is 14.2 Å². The topological polar surface area (TPSA) is 209 Å². The molecule has 3 fully saturated rings. The van der Waals surface area contributed by atoms with Crippen molar-refractivity contribution >= 4 is 31.9 Å². The van der Waals surface area contributed by atoms with Crippen molar-refractivity contribution in [3.05, 3.63) is 47.0 Å². The number of Topliss-reactive ketones (excluding diaryl/α,β-unsaturated/α-hetero) is 1. The number of amides is 1. The van der Waals surface area contributed by atoms with Crippen molar-refractivity contribution < 1.29 is 58.6 Å². The van der Waals surface area contributed by atoms with Crippen LogP contribution in [0.2, 0.25) is 19.1 Å². The smallest absolute Gasteiger partial charge is 0.338 e. The van der Waals surface area contributed by atoms with Gasteiger partial charge >= 0.3 is 11.9 Å². The van der Waals surface area contributed by atoms with Gasteiger partial charge < -0.3 is 44.7 Å². The summed E-state index contributed by atoms with van der Waals surface area (Å²) in [5, 5.41) is 50.1. The lowest BCUT2D eigenvalue weighted by atomic mass is 9.42. The third-order valence-electron chi connectivity index (χ3n) is 12.2. The molecule has 1 aromatic rings. The zero-order valence-corrected chi connectivity index (χ0v) is 30.9. The van der Waals surface area contributed by atoms with E-state index in [2.05, 4.69) is 5.32 Å². The maximum atomic E-state index is 14.7. The zero-order chi connectivity index (χ0) is 37.4. The molecule has 3 aliphatic carbocycles. The van der Waals surface area contributed by atoms with Crippen LogP contribution in [0.3, 0.4) is 0 Å². The van der Waals surface area contributed by atoms with E-state index < -0.39 is 102 Å². The lowest BCUT2D eigenvalue weighted by Crippen LogP contribution is -2.79. The van der Waals surface area contributed by atoms with Gasteiger partial charge in [0.1, 0.15) is 11.7 Å². The molecule has 11 atom stereocenters. The molecule has 1 aromatic carbocycles. The maximum Gasteiger partial charge on any atom is 0.338 e. The molecule has 4 aliphatic rings. The normalized spacial score (nSPS) is 37.5. The molecule has 5 rings (SSSR count). The summed E-state index contributed by atoms with van der Waals surface area (Å²) in [6.45, 7) is 12.6. The van der Waals surface area contributed by atoms with Gasteiger partial charge in [0.05, 0.1) is 36.4 Å². The summed E-state index contributed by atoms with van der Waals surface area (Å²) < 4.78 is 17.4. The van der Waals surface area contributed by atoms with Crippen molar-refractivity contribution in [2.75, 3.05) is 6.61 Å². The first-order valence-corrected chi connectivity index (χ1v) is 20.2. The Balaban J connectivity index is 1.59. The lowest BCUT2D eigenvalue weighted by Gasteiger charge is -2.67. The number of fused-ring (bicyclic) bond motifs is 5. The first kappa shape index (κ1) is 38.3. The molecule has 2 saturated carbocycles. The number of aliphatic hydroxyl groups excluding tert-OH is 3. The number of ketones is 1. The summed E-state index contributed by atoms with van der Waals surface area (Å²) in [6, 6.07) is 6.94. The van der Waals surface area contributed by atoms with Crippen LogP contribution in [0.15, 0.2) is 41.5 Å². The maximum absolute atomic E-state index is 14.7. The van der Waals surface area contributed by atoms with Crippen LogP contribution < -0.4 is 5.32 Å². The monoisotopic (exact) mass is 717 g/mol. The van der Waals surface area contributed by atoms with Gasteiger partial charge in [-0.25, -0.2) is 4.79 Å². The predicted octanol–water partition coefficient (Wildman–Crippen LogP) is 1.46. The summed E-state index contributed by atoms with van der Waals surface area (Å²) in [4.78, 5) is 64.5. The Labute approximate surface area is 293 Å². The van der Waals surface area contributed by atoms with E-state index in [1.165, 1.54) is 6.92 Å². The van der Waals surface area contributed by atoms with E-state index in [1.54, 1.807) is 71.1 Å². The Morgan fingerprint density at radius 3 is 2.24 bits per heavy atom. The fourth-order valence-electron chi connectivity index (χ4n) is 8.98. The van der Waals surface area contributed by atoms with Crippen molar-refractivity contribution in [2.24, 2.45) is 22.2 Å². The number of carbonyl (C=O) groups is 4. The second kappa shape index (κ2) is 12.9. The second-order valence-corrected chi connectivity index (χ2v) is 20.2. The quantitative estimate of drug-likeness (QED) is 0.128. The van der Waals surface area contributed by atoms with Gasteiger partial charge in [-0.2, -0.15) is 0 Å². The van der Waals surface area contributed by atoms with Gasteiger partial charge in [-0.1, -0.05) is 51.1 Å². The van der Waals surface area contributed by atoms with Crippen molar-refractivity contribution in [1.82, 2.24) is 5.32 Å². The minimum atomic E-state index is -2.85. The highest BCUT2D eigenvalue weighted by molar-refractivity contribution is 6.72. The van der Waals surface area contributed by atoms with Crippen molar-refractivity contribution in [3.8, 4) is 0 Å². The molecule has 0 spiro atoms. The molecule has 2 bridgehead atoms. The van der Waals surface area contributed by atoms with Crippen molar-refractivity contribution in [3.63, 3.8) is 0 Å². The Morgan fingerprint density at radius 2 is 1.70 bits per heavy atom. The van der Waals surface area contributed by atoms with Gasteiger partial charge in [0.2, 0.25) is 5.91 Å². The molecule has 13 nitrogen and oxygen atoms in total. The van der Waals surface area contributed by atoms with Gasteiger partial charge in [-0.15, -0.1) is 0 Å². The van der Waals surface area contributed by atoms with Gasteiger partial charge in [-0.3, -0.25) is 14.4 Å². The molecule has 0 aromatic heterocycles. The number of carbonyl (C=O) groups excluding carboxylic acids is 4. The van der Waals surface area contributed by atoms with Crippen LogP contribution in [0.25, 0.3) is 0 Å². The van der Waals surface area contributed by atoms with E-state index in [0.29, 0.717) is 11.1 Å². The van der Waals surface area contributed by atoms with E-state index in [-0.39, 0.29) is 31.1 Å². The summed E-state index contributed by atoms with van der Waals surface area (Å²) >= 11 is 0. The third kappa shape index (κ3) is 6.06. The minimum Gasteiger partial charge on any atom is -0.456 e. The molecule has 276 valence electrons. The largest absolute Gasteiger partial charge is 0.456 e. The van der Waals surface area contributed by atoms with Crippen LogP contribution in [0.1, 0.15) is 66.0 Å². The highest BCUT2D eigenvalue weighted by Gasteiger charge is 2.74. The molecule has 6 N–H and O–H groups in total. The SMILES string of the molecule is CC(=O)O[C@H]1C(=O)[C@@]2(C)[C@H]([C@H](O)[C@]3(C)C[C@H](OC(=O)[C@H](O)[C@@H](NC(=O)C[Si](C)(C)O)c4ccccc4)C(C)=C1C3(C)C)[C@]1(O)CO[C@@H]1C[C@@H]2O. The third-order valence-corrected chi connectivity index (χ3v) is 13.4. The van der Waals surface area contributed by atoms with E-state index in [1.807, 2.05) is 0 Å². The average Bonchev–Trinajstić information content (AvgIpc) is 3.01. The zero-order valence-electron chi connectivity index (χ0n) is 29.9. The molecule has 1 amide bonds. The fraction of sp³-hybridized carbons (Fsp3) is 0.667. The predicted molar refractivity (Wildman–Crippen MR) is 180 cm³/mol. The van der Waals surface area contributed by atoms with E-state index in [0.717, 1.165) is 6.92 Å². The van der Waals surface area contributed by atoms with Crippen molar-refractivity contribution in [1.29, 1.82) is 0 Å². The highest BCUT2D eigenvalue weighted by Crippen LogP contribution is 2.65. The van der Waals surface area contributed by atoms with Gasteiger partial charge in [-0.05, 0) is 55.5 Å². The number of hydrogen-bond acceptors (Lipinski definition) is 12. The van der Waals surface area contributed by atoms with Crippen LogP contribution in [0, 0.1) is 22.2 Å². The summed E-state index contributed by atoms with van der Waals surface area (Å²) in [7, 11) is -2.85. The number of esters is 2. The number of benzene rings is 1. The Bertz CT molecular complexity index is 1570. The van der Waals surface area contributed by atoms with Crippen LogP contribution in [-0.2, 0) is 33.4 Å². The summed E-state index contributed by atoms with van der Waals surface area (Å²) in [5.74, 6) is -4.40. The Hall–Kier alpha value is -2.98. The van der Waals surface area contributed by atoms with Crippen molar-refractivity contribution in [2.45, 2.75) is 122 Å². The van der Waals surface area contributed by atoms with E-state index >= 15 is 0 Å². The molecule has 1 aliphatic heterocycles. The van der Waals surface area contributed by atoms with Crippen LogP contribution in [0.5, 0.6) is 0 Å². The molecular weight excluding hydrogens is 666 g/mol. The number of aliphatic hydroxyl groups is 4. The second-order valence-electron chi connectivity index (χ2n) is 16.3. The first-order valence-electron chi connectivity index (χ1n) is 17.1. The van der Waals surface area contributed by atoms with Crippen LogP contribution >= 0.6 is 0 Å². The molecular formula is C36H51NO12Si. The van der Waals surface area contributed by atoms with Gasteiger partial charge in [0.15, 0.2) is 26.3 Å². The average molecular weight is 718 g/mol. The summed E-state index contributed by atoms with van der Waals surface area (Å²) in [6.07, 6.45) is -8.38. The van der Waals surface area contributed by atoms with Gasteiger partial charge in [0.25, 0.3) is 0 Å². The first-order chi connectivity index (χ1) is 23.0. The lowest BCUT2D eigenvalue weighted by molar-refractivity contribution is -0.338. The van der Waals surface area contributed by atoms with Crippen LogP contribution in [-0.4, -0.2) is 106 Å². The summed E-state index contributed by atoms with van der Waals surface area (Å²) in [5.41, 5.74) is -4.76. The molecule has 1 saturated heterocycles. The van der Waals surface area contributed by atoms with Gasteiger partial charge in [0, 0.05) is 30.7 Å². The number of rotatable bonds is 8. The molecule has 0 unspecified atom stereocenters. The molecule has 0 radical (unpaired) electrons. The van der Waals surface area contributed by atoms with Crippen LogP contribution in [0.4, 0.5) is 0 Å². The Morgan fingerprint density at radius 1 is 1.08 bits per heavy atom. The highest BCUT2D eigenvalue weighted by atomic mass is 28.4. The Kier molecular flexibility index (Phi) is 9.87. The molecule has 50 heavy (non-hydrogen) atoms. The standard InChI is InChI=1S/C36H51NO12Si/c1-18-21(49-32(44)27(41)26(20-12-10-9-11-13-20)37-24(40)16-50(7,8)46)15-34(5)31(43)29-35(6,22(39)14-23-36(29,45)17-47-23)30(42)28(48-19(2)38)25(18)33(34,3)4/h9-13,21-23,26-29,31,39,41,43,45-46H,14-17H2,1-8H3,(H,37,40)/t21-,22-,23+,26-,27+,28+,29-,31-,34-,35+,36-/m0/s1. The minimum absolute atomic E-state index is 0.0348.